The highest BCUT2D eigenvalue weighted by Crippen LogP contribution is 2.47. The number of nitrogens with one attached hydrogen (secondary N) is 1. The van der Waals surface area contributed by atoms with Crippen LogP contribution in [0, 0.1) is 5.92 Å². The van der Waals surface area contributed by atoms with Crippen LogP contribution in [0.2, 0.25) is 0 Å². The van der Waals surface area contributed by atoms with Crippen LogP contribution in [0.1, 0.15) is 30.9 Å². The van der Waals surface area contributed by atoms with Gasteiger partial charge in [-0.2, -0.15) is 10.6 Å². The van der Waals surface area contributed by atoms with Crippen LogP contribution in [0.5, 0.6) is 0 Å². The third kappa shape index (κ3) is 3.01. The van der Waals surface area contributed by atoms with Crippen molar-refractivity contribution < 1.29 is 10.3 Å². The summed E-state index contributed by atoms with van der Waals surface area (Å²) in [4.78, 5) is 12.7. The zero-order valence-corrected chi connectivity index (χ0v) is 15.9. The summed E-state index contributed by atoms with van der Waals surface area (Å²) >= 11 is 0. The molecular weight excluding hydrogens is 350 g/mol. The summed E-state index contributed by atoms with van der Waals surface area (Å²) in [6, 6.07) is 8.61. The van der Waals surface area contributed by atoms with Gasteiger partial charge in [0.15, 0.2) is 0 Å². The number of hydrazone groups is 1. The molecule has 3 aliphatic carbocycles. The number of nitrogens with zero attached hydrogens (tertiary/aromatic N) is 2. The van der Waals surface area contributed by atoms with Gasteiger partial charge in [-0.3, -0.25) is 4.79 Å². The summed E-state index contributed by atoms with van der Waals surface area (Å²) in [5.74, 6) is 5.27. The van der Waals surface area contributed by atoms with Gasteiger partial charge >= 0.3 is 0 Å². The van der Waals surface area contributed by atoms with Crippen molar-refractivity contribution in [3.05, 3.63) is 82.6 Å². The maximum Gasteiger partial charge on any atom is 0.243 e. The molecule has 2 unspecified atom stereocenters. The van der Waals surface area contributed by atoms with E-state index in [0.717, 1.165) is 24.1 Å². The van der Waals surface area contributed by atoms with E-state index in [1.54, 1.807) is 6.08 Å². The van der Waals surface area contributed by atoms with Crippen molar-refractivity contribution >= 4 is 11.7 Å². The van der Waals surface area contributed by atoms with Gasteiger partial charge in [-0.15, -0.1) is 0 Å². The standard InChI is InChI=1S/C22H23N5O/c1-22-11-10-18(13-17(22)12-16-4-2-3-5-19(16)22)25-21(28)15-8-6-14(7-9-15)20(26-23)27-24/h2-8,10,13,15,23H,9,11-12,24H2,1H3,(H,25,28)/p+1/b26-23?,27-20-. The minimum absolute atomic E-state index is 0.0234. The fourth-order valence-corrected chi connectivity index (χ4v) is 4.28. The van der Waals surface area contributed by atoms with E-state index in [-0.39, 0.29) is 23.1 Å². The van der Waals surface area contributed by atoms with Gasteiger partial charge in [0.25, 0.3) is 0 Å². The molecule has 142 valence electrons. The fourth-order valence-electron chi connectivity index (χ4n) is 4.28. The number of benzene rings is 1. The molecule has 0 spiro atoms. The molecule has 0 heterocycles. The molecule has 0 bridgehead atoms. The Kier molecular flexibility index (Phi) is 4.55. The number of allylic oxidation sites excluding steroid dienone is 4. The maximum atomic E-state index is 12.7. The number of rotatable bonds is 3. The monoisotopic (exact) mass is 374 g/mol. The summed E-state index contributed by atoms with van der Waals surface area (Å²) in [6.07, 6.45) is 12.2. The normalized spacial score (nSPS) is 25.8. The number of carbonyl (C=O) groups excluding carboxylic acids is 1. The van der Waals surface area contributed by atoms with E-state index in [4.69, 9.17) is 11.4 Å². The number of carbonyl (C=O) groups is 1. The lowest BCUT2D eigenvalue weighted by molar-refractivity contribution is -0.206. The van der Waals surface area contributed by atoms with Crippen molar-refractivity contribution in [2.75, 3.05) is 0 Å². The van der Waals surface area contributed by atoms with E-state index in [2.05, 4.69) is 58.9 Å². The van der Waals surface area contributed by atoms with Gasteiger partial charge in [0.05, 0.1) is 5.92 Å². The predicted molar refractivity (Wildman–Crippen MR) is 108 cm³/mol. The molecule has 0 radical (unpaired) electrons. The van der Waals surface area contributed by atoms with Crippen LogP contribution >= 0.6 is 0 Å². The Hall–Kier alpha value is -3.28. The molecule has 5 N–H and O–H groups in total. The van der Waals surface area contributed by atoms with E-state index in [1.807, 2.05) is 12.2 Å². The Morgan fingerprint density at radius 2 is 2.14 bits per heavy atom. The lowest BCUT2D eigenvalue weighted by atomic mass is 9.75. The number of nitrogens with two attached hydrogens (primary N) is 2. The van der Waals surface area contributed by atoms with Gasteiger partial charge in [0, 0.05) is 21.8 Å². The van der Waals surface area contributed by atoms with Crippen LogP contribution in [-0.4, -0.2) is 11.7 Å². The molecule has 2 atom stereocenters. The minimum Gasteiger partial charge on any atom is -0.326 e. The summed E-state index contributed by atoms with van der Waals surface area (Å²) in [5.41, 5.74) is 11.1. The van der Waals surface area contributed by atoms with Gasteiger partial charge < -0.3 is 11.2 Å². The highest BCUT2D eigenvalue weighted by molar-refractivity contribution is 6.01. The predicted octanol–water partition coefficient (Wildman–Crippen LogP) is 1.82. The minimum atomic E-state index is -0.242. The number of hydrogen-bond acceptors (Lipinski definition) is 3. The molecule has 0 aromatic heterocycles. The van der Waals surface area contributed by atoms with Crippen LogP contribution < -0.4 is 16.7 Å². The Morgan fingerprint density at radius 3 is 2.86 bits per heavy atom. The average Bonchev–Trinajstić information content (AvgIpc) is 3.01. The van der Waals surface area contributed by atoms with E-state index >= 15 is 0 Å². The largest absolute Gasteiger partial charge is 0.326 e. The lowest BCUT2D eigenvalue weighted by Crippen LogP contribution is -2.32. The average molecular weight is 374 g/mol. The Balaban J connectivity index is 1.44. The fraction of sp³-hybridized carbons (Fsp3) is 0.273. The molecule has 1 aromatic rings. The van der Waals surface area contributed by atoms with Crippen molar-refractivity contribution in [1.29, 1.82) is 0 Å². The van der Waals surface area contributed by atoms with Gasteiger partial charge in [-0.05, 0) is 36.5 Å². The molecular formula is C22H24N5O+. The molecule has 0 fully saturated rings. The van der Waals surface area contributed by atoms with Crippen molar-refractivity contribution in [1.82, 2.24) is 5.32 Å². The summed E-state index contributed by atoms with van der Waals surface area (Å²) < 4.78 is 0. The van der Waals surface area contributed by atoms with E-state index in [9.17, 15) is 4.79 Å². The molecule has 6 heteroatoms. The van der Waals surface area contributed by atoms with Crippen molar-refractivity contribution in [3.8, 4) is 0 Å². The van der Waals surface area contributed by atoms with Crippen molar-refractivity contribution in [3.63, 3.8) is 0 Å². The SMILES string of the molecule is CC12CC=C(NC(=O)C3C=CC(/C(N=[NH2+])=N/N)=CC3)C=C1Cc1ccccc12. The molecule has 4 rings (SSSR count). The Bertz CT molecular complexity index is 998. The van der Waals surface area contributed by atoms with Crippen molar-refractivity contribution in [2.24, 2.45) is 22.0 Å². The first-order valence-corrected chi connectivity index (χ1v) is 9.43. The zero-order chi connectivity index (χ0) is 19.7. The van der Waals surface area contributed by atoms with Gasteiger partial charge in [-0.25, -0.2) is 0 Å². The second-order valence-corrected chi connectivity index (χ2v) is 7.63. The number of fused-ring (bicyclic) bond motifs is 3. The third-order valence-electron chi connectivity index (χ3n) is 5.97. The van der Waals surface area contributed by atoms with E-state index in [0.29, 0.717) is 6.42 Å². The zero-order valence-electron chi connectivity index (χ0n) is 15.9. The third-order valence-corrected chi connectivity index (χ3v) is 5.97. The maximum absolute atomic E-state index is 12.7. The molecule has 6 nitrogen and oxygen atoms in total. The topological polar surface area (TPSA) is 105 Å². The van der Waals surface area contributed by atoms with E-state index < -0.39 is 0 Å². The summed E-state index contributed by atoms with van der Waals surface area (Å²) in [6.45, 7) is 2.29. The van der Waals surface area contributed by atoms with Crippen LogP contribution in [0.15, 0.2) is 81.7 Å². The summed E-state index contributed by atoms with van der Waals surface area (Å²) in [5, 5.41) is 10.2. The Morgan fingerprint density at radius 1 is 1.32 bits per heavy atom. The van der Waals surface area contributed by atoms with Gasteiger partial charge in [0.2, 0.25) is 11.7 Å². The molecule has 0 saturated heterocycles. The van der Waals surface area contributed by atoms with Gasteiger partial charge in [0.1, 0.15) is 0 Å². The first kappa shape index (κ1) is 18.1. The number of amidine groups is 1. The summed E-state index contributed by atoms with van der Waals surface area (Å²) in [7, 11) is 0. The molecule has 0 aliphatic heterocycles. The van der Waals surface area contributed by atoms with Crippen LogP contribution in [-0.2, 0) is 16.6 Å². The van der Waals surface area contributed by atoms with Gasteiger partial charge in [-0.1, -0.05) is 61.1 Å². The van der Waals surface area contributed by atoms with Crippen LogP contribution in [0.25, 0.3) is 0 Å². The smallest absolute Gasteiger partial charge is 0.243 e. The van der Waals surface area contributed by atoms with Crippen molar-refractivity contribution in [2.45, 2.75) is 31.6 Å². The number of hydrogen-bond donors (Lipinski definition) is 3. The second-order valence-electron chi connectivity index (χ2n) is 7.63. The molecule has 28 heavy (non-hydrogen) atoms. The quantitative estimate of drug-likeness (QED) is 0.247. The first-order valence-electron chi connectivity index (χ1n) is 9.43. The molecule has 0 saturated carbocycles. The molecule has 3 aliphatic rings. The molecule has 1 aromatic carbocycles. The molecule has 1 amide bonds. The second kappa shape index (κ2) is 7.03. The lowest BCUT2D eigenvalue weighted by Gasteiger charge is -2.30. The highest BCUT2D eigenvalue weighted by Gasteiger charge is 2.39. The number of amides is 1. The Labute approximate surface area is 164 Å². The van der Waals surface area contributed by atoms with Crippen LogP contribution in [0.3, 0.4) is 0 Å². The van der Waals surface area contributed by atoms with Crippen LogP contribution in [0.4, 0.5) is 0 Å². The van der Waals surface area contributed by atoms with E-state index in [1.165, 1.54) is 16.7 Å². The first-order chi connectivity index (χ1) is 13.5. The highest BCUT2D eigenvalue weighted by atomic mass is 16.1.